The van der Waals surface area contributed by atoms with E-state index in [0.29, 0.717) is 51.2 Å². The molecule has 4 rings (SSSR count). The van der Waals surface area contributed by atoms with Gasteiger partial charge in [-0.05, 0) is 16.6 Å². The van der Waals surface area contributed by atoms with Crippen molar-refractivity contribution in [2.45, 2.75) is 0 Å². The summed E-state index contributed by atoms with van der Waals surface area (Å²) in [5, 5.41) is 10.7. The van der Waals surface area contributed by atoms with Crippen molar-refractivity contribution >= 4 is 17.1 Å². The molecule has 0 aliphatic heterocycles. The highest BCUT2D eigenvalue weighted by Crippen LogP contribution is 2.28. The van der Waals surface area contributed by atoms with Crippen molar-refractivity contribution in [1.29, 1.82) is 0 Å². The first-order valence-electron chi connectivity index (χ1n) is 9.43. The van der Waals surface area contributed by atoms with E-state index in [1.54, 1.807) is 72.8 Å². The highest BCUT2D eigenvalue weighted by molar-refractivity contribution is 5.68. The van der Waals surface area contributed by atoms with Gasteiger partial charge >= 0.3 is 0 Å². The van der Waals surface area contributed by atoms with Crippen LogP contribution in [-0.2, 0) is 0 Å². The molecule has 0 radical (unpaired) electrons. The van der Waals surface area contributed by atoms with Crippen molar-refractivity contribution in [3.05, 3.63) is 104 Å². The van der Waals surface area contributed by atoms with Crippen molar-refractivity contribution in [2.24, 2.45) is 15.3 Å². The standard InChI is InChI=1S/C21H12N12/c22-31-28-16-7-1-13(2-8-16)19-25-20(14-3-9-17(10-4-14)29-32-23)27-21(26-19)15-5-11-18(12-6-15)30-33-24/h1-12H. The SMILES string of the molecule is [N-]=[N+]=Nc1ccc(-c2nc(-c3ccc(N=[N+]=[N-])cc3)nc(-c3ccc(N=[N+]=[N-])cc3)n2)cc1. The largest absolute Gasteiger partial charge is 0.208 e. The van der Waals surface area contributed by atoms with E-state index in [4.69, 9.17) is 16.6 Å². The highest BCUT2D eigenvalue weighted by atomic mass is 15.1. The lowest BCUT2D eigenvalue weighted by atomic mass is 10.1. The summed E-state index contributed by atoms with van der Waals surface area (Å²) < 4.78 is 0. The van der Waals surface area contributed by atoms with Crippen LogP contribution in [0.25, 0.3) is 65.5 Å². The van der Waals surface area contributed by atoms with Crippen molar-refractivity contribution in [3.8, 4) is 34.2 Å². The van der Waals surface area contributed by atoms with Gasteiger partial charge in [0.1, 0.15) is 0 Å². The monoisotopic (exact) mass is 432 g/mol. The number of nitrogens with zero attached hydrogens (tertiary/aromatic N) is 12. The summed E-state index contributed by atoms with van der Waals surface area (Å²) in [5.41, 5.74) is 29.3. The molecular weight excluding hydrogens is 420 g/mol. The fourth-order valence-corrected chi connectivity index (χ4v) is 2.95. The minimum atomic E-state index is 0.417. The molecule has 0 atom stereocenters. The lowest BCUT2D eigenvalue weighted by molar-refractivity contribution is 1.07. The number of hydrogen-bond donors (Lipinski definition) is 0. The van der Waals surface area contributed by atoms with Gasteiger partial charge < -0.3 is 0 Å². The Bertz CT molecular complexity index is 1250. The summed E-state index contributed by atoms with van der Waals surface area (Å²) in [5.74, 6) is 1.25. The molecule has 0 bridgehead atoms. The second-order valence-corrected chi connectivity index (χ2v) is 6.52. The lowest BCUT2D eigenvalue weighted by Gasteiger charge is -2.09. The van der Waals surface area contributed by atoms with Crippen LogP contribution in [0.1, 0.15) is 0 Å². The Morgan fingerprint density at radius 3 is 0.879 bits per heavy atom. The molecule has 1 heterocycles. The number of aromatic nitrogens is 3. The van der Waals surface area contributed by atoms with Crippen LogP contribution >= 0.6 is 0 Å². The maximum Gasteiger partial charge on any atom is 0.164 e. The van der Waals surface area contributed by atoms with E-state index in [9.17, 15) is 0 Å². The zero-order chi connectivity index (χ0) is 23.0. The van der Waals surface area contributed by atoms with Crippen LogP contribution in [0.3, 0.4) is 0 Å². The third-order valence-corrected chi connectivity index (χ3v) is 4.49. The van der Waals surface area contributed by atoms with Gasteiger partial charge in [0.05, 0.1) is 0 Å². The molecule has 0 N–H and O–H groups in total. The Morgan fingerprint density at radius 1 is 0.424 bits per heavy atom. The topological polar surface area (TPSA) is 185 Å². The molecule has 1 aromatic heterocycles. The third kappa shape index (κ3) is 4.85. The summed E-state index contributed by atoms with van der Waals surface area (Å²) in [6.07, 6.45) is 0. The molecule has 0 amide bonds. The maximum atomic E-state index is 8.61. The number of rotatable bonds is 6. The minimum absolute atomic E-state index is 0.417. The second kappa shape index (κ2) is 9.61. The zero-order valence-electron chi connectivity index (χ0n) is 16.8. The van der Waals surface area contributed by atoms with Crippen LogP contribution in [0.4, 0.5) is 17.1 Å². The Labute approximate surface area is 186 Å². The van der Waals surface area contributed by atoms with E-state index in [-0.39, 0.29) is 0 Å². The fraction of sp³-hybridized carbons (Fsp3) is 0. The average Bonchev–Trinajstić information content (AvgIpc) is 2.86. The molecular formula is C21H12N12. The van der Waals surface area contributed by atoms with Crippen LogP contribution in [0, 0.1) is 0 Å². The van der Waals surface area contributed by atoms with E-state index in [1.807, 2.05) is 0 Å². The van der Waals surface area contributed by atoms with Crippen LogP contribution in [0.2, 0.25) is 0 Å². The van der Waals surface area contributed by atoms with Gasteiger partial charge in [0.15, 0.2) is 17.5 Å². The Morgan fingerprint density at radius 2 is 0.667 bits per heavy atom. The van der Waals surface area contributed by atoms with Gasteiger partial charge in [-0.1, -0.05) is 88.1 Å². The molecule has 0 fully saturated rings. The first-order chi connectivity index (χ1) is 16.2. The molecule has 0 unspecified atom stereocenters. The summed E-state index contributed by atoms with van der Waals surface area (Å²) in [6.45, 7) is 0. The molecule has 0 aliphatic carbocycles. The number of benzene rings is 3. The molecule has 33 heavy (non-hydrogen) atoms. The summed E-state index contributed by atoms with van der Waals surface area (Å²) in [4.78, 5) is 22.1. The molecule has 12 nitrogen and oxygen atoms in total. The maximum absolute atomic E-state index is 8.61. The quantitative estimate of drug-likeness (QED) is 0.172. The van der Waals surface area contributed by atoms with Crippen molar-refractivity contribution in [1.82, 2.24) is 15.0 Å². The van der Waals surface area contributed by atoms with Gasteiger partial charge in [-0.25, -0.2) is 15.0 Å². The molecule has 0 spiro atoms. The Hall–Kier alpha value is -5.40. The molecule has 0 aliphatic rings. The fourth-order valence-electron chi connectivity index (χ4n) is 2.95. The van der Waals surface area contributed by atoms with E-state index in [0.717, 1.165) is 0 Å². The summed E-state index contributed by atoms with van der Waals surface area (Å²) >= 11 is 0. The third-order valence-electron chi connectivity index (χ3n) is 4.49. The van der Waals surface area contributed by atoms with Crippen molar-refractivity contribution < 1.29 is 0 Å². The van der Waals surface area contributed by atoms with E-state index in [2.05, 4.69) is 45.0 Å². The summed E-state index contributed by atoms with van der Waals surface area (Å²) in [6, 6.07) is 20.5. The van der Waals surface area contributed by atoms with Crippen LogP contribution in [0.5, 0.6) is 0 Å². The summed E-state index contributed by atoms with van der Waals surface area (Å²) in [7, 11) is 0. The normalized spacial score (nSPS) is 9.82. The van der Waals surface area contributed by atoms with Gasteiger partial charge in [0.2, 0.25) is 0 Å². The Balaban J connectivity index is 1.83. The number of hydrogen-bond acceptors (Lipinski definition) is 6. The van der Waals surface area contributed by atoms with Gasteiger partial charge in [-0.3, -0.25) is 0 Å². The zero-order valence-corrected chi connectivity index (χ0v) is 16.8. The first-order valence-corrected chi connectivity index (χ1v) is 9.43. The van der Waals surface area contributed by atoms with E-state index < -0.39 is 0 Å². The van der Waals surface area contributed by atoms with E-state index >= 15 is 0 Å². The molecule has 156 valence electrons. The molecule has 3 aromatic carbocycles. The van der Waals surface area contributed by atoms with Gasteiger partial charge in [0.25, 0.3) is 0 Å². The van der Waals surface area contributed by atoms with Crippen LogP contribution in [-0.4, -0.2) is 15.0 Å². The minimum Gasteiger partial charge on any atom is -0.208 e. The van der Waals surface area contributed by atoms with Gasteiger partial charge in [-0.15, -0.1) is 0 Å². The van der Waals surface area contributed by atoms with Crippen LogP contribution < -0.4 is 0 Å². The van der Waals surface area contributed by atoms with E-state index in [1.165, 1.54) is 0 Å². The van der Waals surface area contributed by atoms with Gasteiger partial charge in [-0.2, -0.15) is 0 Å². The van der Waals surface area contributed by atoms with Crippen molar-refractivity contribution in [3.63, 3.8) is 0 Å². The smallest absolute Gasteiger partial charge is 0.164 e. The predicted octanol–water partition coefficient (Wildman–Crippen LogP) is 7.70. The average molecular weight is 432 g/mol. The molecule has 0 saturated carbocycles. The molecule has 0 saturated heterocycles. The van der Waals surface area contributed by atoms with Crippen molar-refractivity contribution in [2.75, 3.05) is 0 Å². The van der Waals surface area contributed by atoms with Gasteiger partial charge in [0, 0.05) is 48.5 Å². The first kappa shape index (κ1) is 20.9. The second-order valence-electron chi connectivity index (χ2n) is 6.52. The number of azide groups is 3. The van der Waals surface area contributed by atoms with Crippen LogP contribution in [0.15, 0.2) is 88.1 Å². The molecule has 12 heteroatoms. The molecule has 4 aromatic rings. The predicted molar refractivity (Wildman–Crippen MR) is 123 cm³/mol. The highest BCUT2D eigenvalue weighted by Gasteiger charge is 2.12. The lowest BCUT2D eigenvalue weighted by Crippen LogP contribution is -2.00. The Kier molecular flexibility index (Phi) is 6.07.